The number of amides is 1. The normalized spacial score (nSPS) is 15.2. The van der Waals surface area contributed by atoms with Gasteiger partial charge < -0.3 is 11.1 Å². The molecule has 3 unspecified atom stereocenters. The molecule has 0 saturated heterocycles. The van der Waals surface area contributed by atoms with Gasteiger partial charge in [0.25, 0.3) is 0 Å². The lowest BCUT2D eigenvalue weighted by Crippen LogP contribution is -2.40. The second-order valence-electron chi connectivity index (χ2n) is 5.35. The summed E-state index contributed by atoms with van der Waals surface area (Å²) in [6, 6.07) is 9.89. The molecular weight excluding hydrogens is 268 g/mol. The van der Waals surface area contributed by atoms with Gasteiger partial charge in [-0.2, -0.15) is 0 Å². The summed E-state index contributed by atoms with van der Waals surface area (Å²) in [4.78, 5) is 13.0. The molecule has 3 N–H and O–H groups in total. The van der Waals surface area contributed by atoms with Crippen LogP contribution >= 0.6 is 12.2 Å². The summed E-state index contributed by atoms with van der Waals surface area (Å²) in [5.41, 5.74) is 6.58. The van der Waals surface area contributed by atoms with E-state index in [2.05, 4.69) is 19.2 Å². The zero-order valence-electron chi connectivity index (χ0n) is 12.4. The van der Waals surface area contributed by atoms with Crippen molar-refractivity contribution in [2.24, 2.45) is 11.7 Å². The molecule has 0 saturated carbocycles. The van der Waals surface area contributed by atoms with Crippen molar-refractivity contribution in [2.75, 3.05) is 0 Å². The molecule has 0 radical (unpaired) electrons. The highest BCUT2D eigenvalue weighted by molar-refractivity contribution is 7.80. The molecule has 0 aliphatic heterocycles. The van der Waals surface area contributed by atoms with Gasteiger partial charge in [-0.25, -0.2) is 0 Å². The fourth-order valence-electron chi connectivity index (χ4n) is 2.32. The van der Waals surface area contributed by atoms with Gasteiger partial charge in [0, 0.05) is 12.5 Å². The van der Waals surface area contributed by atoms with E-state index in [9.17, 15) is 4.79 Å². The molecule has 1 amide bonds. The fraction of sp³-hybridized carbons (Fsp3) is 0.500. The average Bonchev–Trinajstić information content (AvgIpc) is 2.38. The van der Waals surface area contributed by atoms with Crippen LogP contribution in [0.2, 0.25) is 0 Å². The van der Waals surface area contributed by atoms with Gasteiger partial charge in [0.15, 0.2) is 0 Å². The smallest absolute Gasteiger partial charge is 0.228 e. The van der Waals surface area contributed by atoms with Crippen LogP contribution in [0.3, 0.4) is 0 Å². The Morgan fingerprint density at radius 1 is 1.30 bits per heavy atom. The zero-order chi connectivity index (χ0) is 15.1. The van der Waals surface area contributed by atoms with Gasteiger partial charge in [-0.15, -0.1) is 0 Å². The van der Waals surface area contributed by atoms with E-state index in [1.165, 1.54) is 0 Å². The molecule has 0 bridgehead atoms. The minimum absolute atomic E-state index is 0.0322. The summed E-state index contributed by atoms with van der Waals surface area (Å²) in [7, 11) is 0. The molecule has 0 aliphatic carbocycles. The van der Waals surface area contributed by atoms with Gasteiger partial charge in [0.05, 0.1) is 10.9 Å². The van der Waals surface area contributed by atoms with Gasteiger partial charge >= 0.3 is 0 Å². The molecule has 110 valence electrons. The number of thiocarbonyl (C=S) groups is 1. The third-order valence-electron chi connectivity index (χ3n) is 3.55. The lowest BCUT2D eigenvalue weighted by atomic mass is 9.84. The summed E-state index contributed by atoms with van der Waals surface area (Å²) in [5, 5.41) is 3.02. The summed E-state index contributed by atoms with van der Waals surface area (Å²) in [6.07, 6.45) is 1.49. The third-order valence-corrected chi connectivity index (χ3v) is 3.72. The number of nitrogens with one attached hydrogen (secondary N) is 1. The van der Waals surface area contributed by atoms with Crippen molar-refractivity contribution >= 4 is 23.1 Å². The first-order chi connectivity index (χ1) is 9.45. The minimum Gasteiger partial charge on any atom is -0.393 e. The molecule has 0 spiro atoms. The maximum Gasteiger partial charge on any atom is 0.228 e. The second kappa shape index (κ2) is 8.00. The minimum atomic E-state index is -0.130. The molecule has 20 heavy (non-hydrogen) atoms. The highest BCUT2D eigenvalue weighted by atomic mass is 32.1. The Bertz CT molecular complexity index is 447. The maximum atomic E-state index is 12.5. The number of carbonyl (C=O) groups excluding carboxylic acids is 1. The Morgan fingerprint density at radius 3 is 2.40 bits per heavy atom. The standard InChI is InChI=1S/C16H24N2OS/c1-4-11(2)15(13-8-6-5-7-9-13)16(19)18-12(3)10-14(17)20/h5-9,11-12,15H,4,10H2,1-3H3,(H2,17,20)(H,18,19). The van der Waals surface area contributed by atoms with E-state index in [0.29, 0.717) is 11.4 Å². The first-order valence-corrected chi connectivity index (χ1v) is 7.50. The molecular formula is C16H24N2OS. The van der Waals surface area contributed by atoms with Gasteiger partial charge in [0.1, 0.15) is 0 Å². The van der Waals surface area contributed by atoms with Crippen molar-refractivity contribution in [1.82, 2.24) is 5.32 Å². The molecule has 3 atom stereocenters. The van der Waals surface area contributed by atoms with Crippen molar-refractivity contribution in [3.05, 3.63) is 35.9 Å². The van der Waals surface area contributed by atoms with Crippen LogP contribution in [0.4, 0.5) is 0 Å². The topological polar surface area (TPSA) is 55.1 Å². The van der Waals surface area contributed by atoms with E-state index < -0.39 is 0 Å². The molecule has 1 rings (SSSR count). The van der Waals surface area contributed by atoms with E-state index >= 15 is 0 Å². The van der Waals surface area contributed by atoms with Crippen molar-refractivity contribution in [3.8, 4) is 0 Å². The third kappa shape index (κ3) is 4.93. The van der Waals surface area contributed by atoms with E-state index in [-0.39, 0.29) is 23.8 Å². The van der Waals surface area contributed by atoms with Crippen LogP contribution in [0.5, 0.6) is 0 Å². The van der Waals surface area contributed by atoms with Crippen LogP contribution in [0.25, 0.3) is 0 Å². The van der Waals surface area contributed by atoms with E-state index in [0.717, 1.165) is 12.0 Å². The van der Waals surface area contributed by atoms with Crippen LogP contribution in [-0.2, 0) is 4.79 Å². The quantitative estimate of drug-likeness (QED) is 0.760. The van der Waals surface area contributed by atoms with Crippen molar-refractivity contribution in [3.63, 3.8) is 0 Å². The predicted octanol–water partition coefficient (Wildman–Crippen LogP) is 3.00. The van der Waals surface area contributed by atoms with Crippen molar-refractivity contribution in [1.29, 1.82) is 0 Å². The fourth-order valence-corrected chi connectivity index (χ4v) is 2.57. The highest BCUT2D eigenvalue weighted by Crippen LogP contribution is 2.27. The first kappa shape index (κ1) is 16.6. The number of rotatable bonds is 7. The monoisotopic (exact) mass is 292 g/mol. The Morgan fingerprint density at radius 2 is 1.90 bits per heavy atom. The lowest BCUT2D eigenvalue weighted by molar-refractivity contribution is -0.124. The summed E-state index contributed by atoms with van der Waals surface area (Å²) in [5.74, 6) is 0.207. The van der Waals surface area contributed by atoms with Gasteiger partial charge in [0.2, 0.25) is 5.91 Å². The molecule has 0 heterocycles. The molecule has 0 fully saturated rings. The molecule has 3 nitrogen and oxygen atoms in total. The number of carbonyl (C=O) groups is 1. The number of hydrogen-bond acceptors (Lipinski definition) is 2. The van der Waals surface area contributed by atoms with E-state index in [1.54, 1.807) is 0 Å². The number of nitrogens with two attached hydrogens (primary N) is 1. The molecule has 0 aliphatic rings. The largest absolute Gasteiger partial charge is 0.393 e. The SMILES string of the molecule is CCC(C)C(C(=O)NC(C)CC(N)=S)c1ccccc1. The highest BCUT2D eigenvalue weighted by Gasteiger charge is 2.26. The Hall–Kier alpha value is -1.42. The number of benzene rings is 1. The molecule has 1 aromatic carbocycles. The van der Waals surface area contributed by atoms with Gasteiger partial charge in [-0.05, 0) is 18.4 Å². The average molecular weight is 292 g/mol. The maximum absolute atomic E-state index is 12.5. The van der Waals surface area contributed by atoms with E-state index in [4.69, 9.17) is 18.0 Å². The Kier molecular flexibility index (Phi) is 6.65. The van der Waals surface area contributed by atoms with Crippen molar-refractivity contribution in [2.45, 2.75) is 45.6 Å². The zero-order valence-corrected chi connectivity index (χ0v) is 13.2. The van der Waals surface area contributed by atoms with Crippen molar-refractivity contribution < 1.29 is 4.79 Å². The Balaban J connectivity index is 2.84. The molecule has 0 aromatic heterocycles. The van der Waals surface area contributed by atoms with Gasteiger partial charge in [-0.1, -0.05) is 62.8 Å². The summed E-state index contributed by atoms with van der Waals surface area (Å²) in [6.45, 7) is 6.14. The molecule has 1 aromatic rings. The Labute approximate surface area is 126 Å². The van der Waals surface area contributed by atoms with Crippen LogP contribution in [-0.4, -0.2) is 16.9 Å². The van der Waals surface area contributed by atoms with Crippen LogP contribution < -0.4 is 11.1 Å². The van der Waals surface area contributed by atoms with E-state index in [1.807, 2.05) is 37.3 Å². The van der Waals surface area contributed by atoms with Crippen LogP contribution in [0.15, 0.2) is 30.3 Å². The molecule has 4 heteroatoms. The summed E-state index contributed by atoms with van der Waals surface area (Å²) < 4.78 is 0. The lowest BCUT2D eigenvalue weighted by Gasteiger charge is -2.25. The first-order valence-electron chi connectivity index (χ1n) is 7.09. The predicted molar refractivity (Wildman–Crippen MR) is 87.6 cm³/mol. The number of hydrogen-bond donors (Lipinski definition) is 2. The van der Waals surface area contributed by atoms with Crippen LogP contribution in [0, 0.1) is 5.92 Å². The summed E-state index contributed by atoms with van der Waals surface area (Å²) >= 11 is 4.88. The van der Waals surface area contributed by atoms with Gasteiger partial charge in [-0.3, -0.25) is 4.79 Å². The van der Waals surface area contributed by atoms with Crippen LogP contribution in [0.1, 0.15) is 45.1 Å². The second-order valence-corrected chi connectivity index (χ2v) is 5.88.